The molecule has 0 fully saturated rings. The summed E-state index contributed by atoms with van der Waals surface area (Å²) in [7, 11) is -0.929. The van der Waals surface area contributed by atoms with Crippen LogP contribution in [-0.4, -0.2) is 63.3 Å². The smallest absolute Gasteiger partial charge is 0.264 e. The third-order valence-corrected chi connectivity index (χ3v) is 9.28. The third kappa shape index (κ3) is 9.25. The van der Waals surface area contributed by atoms with Gasteiger partial charge in [-0.1, -0.05) is 90.9 Å². The van der Waals surface area contributed by atoms with E-state index in [1.165, 1.54) is 36.1 Å². The molecule has 0 spiro atoms. The van der Waals surface area contributed by atoms with Crippen molar-refractivity contribution in [2.24, 2.45) is 11.3 Å². The maximum atomic E-state index is 14.1. The molecular formula is C34H47N5O5S. The average molecular weight is 638 g/mol. The number of hydrogen-bond donors (Lipinski definition) is 3. The summed E-state index contributed by atoms with van der Waals surface area (Å²) in [5, 5.41) is 15.2. The van der Waals surface area contributed by atoms with E-state index < -0.39 is 44.9 Å². The second-order valence-electron chi connectivity index (χ2n) is 13.2. The van der Waals surface area contributed by atoms with Crippen molar-refractivity contribution in [2.45, 2.75) is 83.8 Å². The maximum absolute atomic E-state index is 14.1. The summed E-state index contributed by atoms with van der Waals surface area (Å²) in [6.07, 6.45) is 1.55. The second kappa shape index (κ2) is 14.8. The van der Waals surface area contributed by atoms with Gasteiger partial charge < -0.3 is 15.5 Å². The van der Waals surface area contributed by atoms with E-state index >= 15 is 0 Å². The minimum Gasteiger partial charge on any atom is -0.342 e. The molecule has 10 nitrogen and oxygen atoms in total. The van der Waals surface area contributed by atoms with Gasteiger partial charge in [0.1, 0.15) is 6.04 Å². The van der Waals surface area contributed by atoms with Crippen molar-refractivity contribution in [1.82, 2.24) is 20.3 Å². The largest absolute Gasteiger partial charge is 0.342 e. The molecule has 3 N–H and O–H groups in total. The number of carbonyl (C=O) groups is 3. The van der Waals surface area contributed by atoms with Gasteiger partial charge in [-0.05, 0) is 49.1 Å². The molecule has 0 aliphatic heterocycles. The van der Waals surface area contributed by atoms with Gasteiger partial charge in [-0.2, -0.15) is 5.26 Å². The number of rotatable bonds is 12. The average Bonchev–Trinajstić information content (AvgIpc) is 2.97. The first kappa shape index (κ1) is 37.2. The number of carbonyl (C=O) groups excluding carboxylic acids is 3. The molecule has 3 amide bonds. The van der Waals surface area contributed by atoms with E-state index in [2.05, 4.69) is 10.6 Å². The lowest BCUT2D eigenvalue weighted by molar-refractivity contribution is -0.140. The number of hydrogen-bond acceptors (Lipinski definition) is 7. The molecule has 0 bridgehead atoms. The molecule has 45 heavy (non-hydrogen) atoms. The lowest BCUT2D eigenvalue weighted by Crippen LogP contribution is -2.61. The Labute approximate surface area is 268 Å². The standard InChI is InChI=1S/C34H47N5O5S/c1-22(2)27(19-23(3)30(40)38-45(43,44)26-18-14-15-24(20-26)21-35)39(10)32(42)29(33(4,5)6)37-31(41)28(36-9)34(7,8)25-16-12-11-13-17-25/h11-20,22,27-29,36H,1-10H3,(H,37,41)(H,38,40)/b23-19+/t27-,28-,29-/m1/s1. The van der Waals surface area contributed by atoms with Crippen LogP contribution >= 0.6 is 0 Å². The minimum absolute atomic E-state index is 0.0876. The molecule has 244 valence electrons. The van der Waals surface area contributed by atoms with E-state index in [1.54, 1.807) is 20.2 Å². The normalized spacial score (nSPS) is 14.6. The van der Waals surface area contributed by atoms with Gasteiger partial charge in [-0.25, -0.2) is 13.1 Å². The van der Waals surface area contributed by atoms with Crippen LogP contribution in [-0.2, 0) is 29.8 Å². The van der Waals surface area contributed by atoms with Crippen molar-refractivity contribution in [1.29, 1.82) is 5.26 Å². The van der Waals surface area contributed by atoms with E-state index in [4.69, 9.17) is 5.26 Å². The molecular weight excluding hydrogens is 590 g/mol. The van der Waals surface area contributed by atoms with Crippen molar-refractivity contribution in [3.63, 3.8) is 0 Å². The molecule has 2 aromatic carbocycles. The first-order chi connectivity index (χ1) is 20.8. The zero-order chi connectivity index (χ0) is 34.3. The molecule has 2 aromatic rings. The summed E-state index contributed by atoms with van der Waals surface area (Å²) >= 11 is 0. The summed E-state index contributed by atoms with van der Waals surface area (Å²) in [6.45, 7) is 14.8. The Morgan fingerprint density at radius 2 is 1.56 bits per heavy atom. The van der Waals surface area contributed by atoms with E-state index in [1.807, 2.05) is 89.6 Å². The van der Waals surface area contributed by atoms with Crippen molar-refractivity contribution < 1.29 is 22.8 Å². The Hall–Kier alpha value is -4.01. The molecule has 0 aliphatic rings. The Morgan fingerprint density at radius 3 is 2.07 bits per heavy atom. The van der Waals surface area contributed by atoms with E-state index in [0.29, 0.717) is 0 Å². The van der Waals surface area contributed by atoms with Gasteiger partial charge in [0.15, 0.2) is 0 Å². The molecule has 0 saturated heterocycles. The molecule has 0 heterocycles. The number of nitrogens with one attached hydrogen (secondary N) is 3. The molecule has 2 rings (SSSR count). The number of amides is 3. The van der Waals surface area contributed by atoms with Gasteiger partial charge in [0, 0.05) is 18.0 Å². The van der Waals surface area contributed by atoms with Crippen LogP contribution in [0.1, 0.15) is 66.5 Å². The van der Waals surface area contributed by atoms with Gasteiger partial charge in [0.2, 0.25) is 11.8 Å². The first-order valence-electron chi connectivity index (χ1n) is 14.8. The van der Waals surface area contributed by atoms with Crippen LogP contribution in [0.4, 0.5) is 0 Å². The predicted octanol–water partition coefficient (Wildman–Crippen LogP) is 3.89. The molecule has 0 aromatic heterocycles. The lowest BCUT2D eigenvalue weighted by Gasteiger charge is -2.40. The summed E-state index contributed by atoms with van der Waals surface area (Å²) in [4.78, 5) is 42.1. The predicted molar refractivity (Wildman–Crippen MR) is 175 cm³/mol. The van der Waals surface area contributed by atoms with Crippen LogP contribution in [0.15, 0.2) is 71.1 Å². The molecule has 3 atom stereocenters. The fourth-order valence-electron chi connectivity index (χ4n) is 5.16. The zero-order valence-electron chi connectivity index (χ0n) is 27.9. The van der Waals surface area contributed by atoms with Crippen LogP contribution in [0, 0.1) is 22.7 Å². The highest BCUT2D eigenvalue weighted by molar-refractivity contribution is 7.90. The van der Waals surface area contributed by atoms with Crippen LogP contribution in [0.3, 0.4) is 0 Å². The molecule has 0 aliphatic carbocycles. The van der Waals surface area contributed by atoms with Crippen LogP contribution in [0.2, 0.25) is 0 Å². The highest BCUT2D eigenvalue weighted by Crippen LogP contribution is 2.29. The Balaban J connectivity index is 2.34. The van der Waals surface area contributed by atoms with E-state index in [-0.39, 0.29) is 33.8 Å². The van der Waals surface area contributed by atoms with Gasteiger partial charge in [0.25, 0.3) is 15.9 Å². The quantitative estimate of drug-likeness (QED) is 0.299. The zero-order valence-corrected chi connectivity index (χ0v) is 28.7. The van der Waals surface area contributed by atoms with E-state index in [0.717, 1.165) is 5.56 Å². The number of nitriles is 1. The number of sulfonamides is 1. The Kier molecular flexibility index (Phi) is 12.3. The molecule has 0 saturated carbocycles. The van der Waals surface area contributed by atoms with Crippen molar-refractivity contribution >= 4 is 27.7 Å². The molecule has 0 unspecified atom stereocenters. The summed E-state index contributed by atoms with van der Waals surface area (Å²) < 4.78 is 27.7. The van der Waals surface area contributed by atoms with E-state index in [9.17, 15) is 22.8 Å². The number of benzene rings is 2. The van der Waals surface area contributed by atoms with Crippen molar-refractivity contribution in [3.8, 4) is 6.07 Å². The van der Waals surface area contributed by atoms with Crippen molar-refractivity contribution in [3.05, 3.63) is 77.4 Å². The fourth-order valence-corrected chi connectivity index (χ4v) is 6.22. The lowest BCUT2D eigenvalue weighted by atomic mass is 9.76. The van der Waals surface area contributed by atoms with Crippen LogP contribution in [0.25, 0.3) is 0 Å². The number of nitrogens with zero attached hydrogens (tertiary/aromatic N) is 2. The monoisotopic (exact) mass is 637 g/mol. The Bertz CT molecular complexity index is 1550. The Morgan fingerprint density at radius 1 is 0.956 bits per heavy atom. The van der Waals surface area contributed by atoms with Crippen LogP contribution < -0.4 is 15.4 Å². The molecule has 11 heteroatoms. The van der Waals surface area contributed by atoms with Gasteiger partial charge in [-0.15, -0.1) is 0 Å². The summed E-state index contributed by atoms with van der Waals surface area (Å²) in [5.74, 6) is -1.70. The number of likely N-dealkylation sites (N-methyl/N-ethyl adjacent to an activating group) is 2. The minimum atomic E-state index is -4.24. The second-order valence-corrected chi connectivity index (χ2v) is 14.9. The van der Waals surface area contributed by atoms with Crippen LogP contribution in [0.5, 0.6) is 0 Å². The molecule has 0 radical (unpaired) electrons. The SMILES string of the molecule is CN[C@H](C(=O)N[C@H](C(=O)N(C)[C@H](/C=C(\C)C(=O)NS(=O)(=O)c1cccc(C#N)c1)C(C)C)C(C)(C)C)C(C)(C)c1ccccc1. The maximum Gasteiger partial charge on any atom is 0.264 e. The fraction of sp³-hybridized carbons (Fsp3) is 0.471. The van der Waals surface area contributed by atoms with Crippen molar-refractivity contribution in [2.75, 3.05) is 14.1 Å². The summed E-state index contributed by atoms with van der Waals surface area (Å²) in [6, 6.07) is 14.7. The highest BCUT2D eigenvalue weighted by atomic mass is 32.2. The highest BCUT2D eigenvalue weighted by Gasteiger charge is 2.41. The van der Waals surface area contributed by atoms with Gasteiger partial charge in [0.05, 0.1) is 28.6 Å². The van der Waals surface area contributed by atoms with Gasteiger partial charge >= 0.3 is 0 Å². The third-order valence-electron chi connectivity index (χ3n) is 7.95. The topological polar surface area (TPSA) is 148 Å². The first-order valence-corrected chi connectivity index (χ1v) is 16.3. The van der Waals surface area contributed by atoms with Gasteiger partial charge in [-0.3, -0.25) is 14.4 Å². The summed E-state index contributed by atoms with van der Waals surface area (Å²) in [5.41, 5.74) is -0.0671.